The van der Waals surface area contributed by atoms with Crippen LogP contribution in [0, 0.1) is 0 Å². The van der Waals surface area contributed by atoms with Crippen molar-refractivity contribution >= 4 is 40.3 Å². The number of amides is 1. The minimum absolute atomic E-state index is 0.181. The standard InChI is InChI=1S/C22H21F3N2O3S2/c23-22(24,25)16-4-1-3-15(13-16)18-6-5-17(30-18)14-19-20(28)27(21(31)32-19)8-2-7-26-9-11-29-12-10-26/h1,3-6,13-14H,2,7-12H2/b19-14+. The molecule has 0 N–H and O–H groups in total. The maximum atomic E-state index is 13.0. The van der Waals surface area contributed by atoms with Gasteiger partial charge in [0.05, 0.1) is 23.7 Å². The molecule has 2 aliphatic heterocycles. The molecule has 3 heterocycles. The summed E-state index contributed by atoms with van der Waals surface area (Å²) >= 11 is 6.57. The first-order valence-corrected chi connectivity index (χ1v) is 11.4. The monoisotopic (exact) mass is 482 g/mol. The van der Waals surface area contributed by atoms with Crippen LogP contribution in [-0.2, 0) is 15.7 Å². The van der Waals surface area contributed by atoms with Gasteiger partial charge in [-0.15, -0.1) is 0 Å². The van der Waals surface area contributed by atoms with Gasteiger partial charge in [-0.2, -0.15) is 13.2 Å². The summed E-state index contributed by atoms with van der Waals surface area (Å²) in [7, 11) is 0. The molecule has 1 aromatic heterocycles. The molecule has 0 saturated carbocycles. The van der Waals surface area contributed by atoms with Gasteiger partial charge in [0.25, 0.3) is 5.91 Å². The van der Waals surface area contributed by atoms with Crippen LogP contribution in [0.15, 0.2) is 45.7 Å². The second-order valence-corrected chi connectivity index (χ2v) is 9.10. The average Bonchev–Trinajstić information content (AvgIpc) is 3.34. The molecule has 32 heavy (non-hydrogen) atoms. The first-order chi connectivity index (χ1) is 15.3. The quantitative estimate of drug-likeness (QED) is 0.432. The highest BCUT2D eigenvalue weighted by atomic mass is 32.2. The molecule has 2 saturated heterocycles. The largest absolute Gasteiger partial charge is 0.457 e. The van der Waals surface area contributed by atoms with E-state index in [4.69, 9.17) is 21.4 Å². The Morgan fingerprint density at radius 2 is 1.91 bits per heavy atom. The Hall–Kier alpha value is -2.14. The van der Waals surface area contributed by atoms with Gasteiger partial charge < -0.3 is 9.15 Å². The van der Waals surface area contributed by atoms with Crippen LogP contribution < -0.4 is 0 Å². The molecule has 170 valence electrons. The molecule has 10 heteroatoms. The Morgan fingerprint density at radius 1 is 1.12 bits per heavy atom. The molecule has 0 atom stereocenters. The molecule has 1 amide bonds. The molecule has 0 radical (unpaired) electrons. The number of carbonyl (C=O) groups excluding carboxylic acids is 1. The Kier molecular flexibility index (Phi) is 7.04. The molecule has 0 spiro atoms. The predicted octanol–water partition coefficient (Wildman–Crippen LogP) is 4.89. The number of ether oxygens (including phenoxy) is 1. The molecule has 2 aromatic rings. The summed E-state index contributed by atoms with van der Waals surface area (Å²) < 4.78 is 50.4. The van der Waals surface area contributed by atoms with E-state index in [1.165, 1.54) is 17.8 Å². The van der Waals surface area contributed by atoms with Crippen molar-refractivity contribution in [1.82, 2.24) is 9.80 Å². The zero-order valence-electron chi connectivity index (χ0n) is 17.1. The molecule has 4 rings (SSSR count). The third kappa shape index (κ3) is 5.43. The van der Waals surface area contributed by atoms with Gasteiger partial charge in [-0.3, -0.25) is 14.6 Å². The highest BCUT2D eigenvalue weighted by Gasteiger charge is 2.32. The lowest BCUT2D eigenvalue weighted by Gasteiger charge is -2.27. The lowest BCUT2D eigenvalue weighted by Crippen LogP contribution is -2.38. The van der Waals surface area contributed by atoms with E-state index < -0.39 is 11.7 Å². The van der Waals surface area contributed by atoms with Gasteiger partial charge in [0, 0.05) is 37.8 Å². The molecular weight excluding hydrogens is 461 g/mol. The van der Waals surface area contributed by atoms with Crippen LogP contribution in [0.4, 0.5) is 13.2 Å². The minimum Gasteiger partial charge on any atom is -0.457 e. The third-order valence-corrected chi connectivity index (χ3v) is 6.59. The van der Waals surface area contributed by atoms with Crippen molar-refractivity contribution in [3.05, 3.63) is 52.6 Å². The summed E-state index contributed by atoms with van der Waals surface area (Å²) in [4.78, 5) is 17.1. The predicted molar refractivity (Wildman–Crippen MR) is 121 cm³/mol. The lowest BCUT2D eigenvalue weighted by atomic mass is 10.1. The van der Waals surface area contributed by atoms with Crippen LogP contribution in [-0.4, -0.2) is 59.4 Å². The third-order valence-electron chi connectivity index (χ3n) is 5.21. The number of thiocarbonyl (C=S) groups is 1. The fourth-order valence-electron chi connectivity index (χ4n) is 3.53. The molecular formula is C22H21F3N2O3S2. The fraction of sp³-hybridized carbons (Fsp3) is 0.364. The number of rotatable bonds is 6. The van der Waals surface area contributed by atoms with E-state index in [0.717, 1.165) is 51.4 Å². The Balaban J connectivity index is 1.41. The van der Waals surface area contributed by atoms with Gasteiger partial charge >= 0.3 is 6.18 Å². The number of furan rings is 1. The van der Waals surface area contributed by atoms with Crippen molar-refractivity contribution in [1.29, 1.82) is 0 Å². The number of alkyl halides is 3. The molecule has 2 aliphatic rings. The average molecular weight is 483 g/mol. The highest BCUT2D eigenvalue weighted by molar-refractivity contribution is 8.26. The smallest absolute Gasteiger partial charge is 0.416 e. The van der Waals surface area contributed by atoms with Crippen LogP contribution in [0.5, 0.6) is 0 Å². The van der Waals surface area contributed by atoms with E-state index in [0.29, 0.717) is 32.9 Å². The van der Waals surface area contributed by atoms with Gasteiger partial charge in [0.2, 0.25) is 0 Å². The summed E-state index contributed by atoms with van der Waals surface area (Å²) in [5.41, 5.74) is -0.430. The Labute approximate surface area is 193 Å². The zero-order valence-corrected chi connectivity index (χ0v) is 18.7. The van der Waals surface area contributed by atoms with E-state index >= 15 is 0 Å². The highest BCUT2D eigenvalue weighted by Crippen LogP contribution is 2.35. The Bertz CT molecular complexity index is 1030. The number of nitrogens with zero attached hydrogens (tertiary/aromatic N) is 2. The summed E-state index contributed by atoms with van der Waals surface area (Å²) in [6.07, 6.45) is -2.04. The molecule has 5 nitrogen and oxygen atoms in total. The van der Waals surface area contributed by atoms with Crippen molar-refractivity contribution < 1.29 is 27.1 Å². The van der Waals surface area contributed by atoms with Crippen LogP contribution in [0.3, 0.4) is 0 Å². The van der Waals surface area contributed by atoms with Crippen LogP contribution in [0.25, 0.3) is 17.4 Å². The second kappa shape index (κ2) is 9.78. The number of carbonyl (C=O) groups is 1. The number of hydrogen-bond acceptors (Lipinski definition) is 6. The number of benzene rings is 1. The van der Waals surface area contributed by atoms with E-state index in [-0.39, 0.29) is 5.91 Å². The molecule has 0 bridgehead atoms. The summed E-state index contributed by atoms with van der Waals surface area (Å²) in [5, 5.41) is 0. The van der Waals surface area contributed by atoms with E-state index in [1.807, 2.05) is 0 Å². The van der Waals surface area contributed by atoms with Gasteiger partial charge in [-0.1, -0.05) is 36.1 Å². The van der Waals surface area contributed by atoms with Crippen molar-refractivity contribution in [2.24, 2.45) is 0 Å². The van der Waals surface area contributed by atoms with E-state index in [1.54, 1.807) is 29.2 Å². The number of morpholine rings is 1. The first kappa shape index (κ1) is 23.0. The maximum Gasteiger partial charge on any atom is 0.416 e. The van der Waals surface area contributed by atoms with Crippen LogP contribution in [0.2, 0.25) is 0 Å². The second-order valence-electron chi connectivity index (χ2n) is 7.42. The summed E-state index contributed by atoms with van der Waals surface area (Å²) in [6, 6.07) is 8.15. The Morgan fingerprint density at radius 3 is 2.66 bits per heavy atom. The summed E-state index contributed by atoms with van der Waals surface area (Å²) in [6.45, 7) is 4.66. The number of halogens is 3. The maximum absolute atomic E-state index is 13.0. The molecule has 1 aromatic carbocycles. The molecule has 0 aliphatic carbocycles. The van der Waals surface area contributed by atoms with Crippen molar-refractivity contribution in [2.75, 3.05) is 39.4 Å². The van der Waals surface area contributed by atoms with Crippen molar-refractivity contribution in [3.63, 3.8) is 0 Å². The van der Waals surface area contributed by atoms with Crippen LogP contribution >= 0.6 is 24.0 Å². The topological polar surface area (TPSA) is 45.9 Å². The SMILES string of the molecule is O=C1/C(=C\c2ccc(-c3cccc(C(F)(F)F)c3)o2)SC(=S)N1CCCN1CCOCC1. The molecule has 0 unspecified atom stereocenters. The lowest BCUT2D eigenvalue weighted by molar-refractivity contribution is -0.137. The van der Waals surface area contributed by atoms with E-state index in [9.17, 15) is 18.0 Å². The number of hydrogen-bond donors (Lipinski definition) is 0. The van der Waals surface area contributed by atoms with E-state index in [2.05, 4.69) is 4.90 Å². The van der Waals surface area contributed by atoms with Gasteiger partial charge in [0.1, 0.15) is 15.8 Å². The van der Waals surface area contributed by atoms with Gasteiger partial charge in [0.15, 0.2) is 0 Å². The normalized spacial score (nSPS) is 19.3. The number of thioether (sulfide) groups is 1. The van der Waals surface area contributed by atoms with Gasteiger partial charge in [-0.05, 0) is 30.7 Å². The zero-order chi connectivity index (χ0) is 22.7. The molecule has 2 fully saturated rings. The van der Waals surface area contributed by atoms with Crippen molar-refractivity contribution in [2.45, 2.75) is 12.6 Å². The van der Waals surface area contributed by atoms with Gasteiger partial charge in [-0.25, -0.2) is 0 Å². The van der Waals surface area contributed by atoms with Crippen LogP contribution in [0.1, 0.15) is 17.7 Å². The minimum atomic E-state index is -4.43. The fourth-order valence-corrected chi connectivity index (χ4v) is 4.82. The van der Waals surface area contributed by atoms with Crippen molar-refractivity contribution in [3.8, 4) is 11.3 Å². The summed E-state index contributed by atoms with van der Waals surface area (Å²) in [5.74, 6) is 0.494. The first-order valence-electron chi connectivity index (χ1n) is 10.1.